The van der Waals surface area contributed by atoms with Crippen LogP contribution in [0.4, 0.5) is 0 Å². The smallest absolute Gasteiger partial charge is 0.251 e. The van der Waals surface area contributed by atoms with Gasteiger partial charge in [0, 0.05) is 37.6 Å². The molecule has 1 atom stereocenters. The summed E-state index contributed by atoms with van der Waals surface area (Å²) in [5.74, 6) is -0.0354. The van der Waals surface area contributed by atoms with Crippen LogP contribution in [-0.4, -0.2) is 28.9 Å². The maximum atomic E-state index is 12.9. The molecule has 160 valence electrons. The highest BCUT2D eigenvalue weighted by Crippen LogP contribution is 2.27. The molecule has 4 rings (SSSR count). The molecule has 0 spiro atoms. The molecule has 31 heavy (non-hydrogen) atoms. The number of pyridine rings is 1. The number of benzene rings is 2. The van der Waals surface area contributed by atoms with Gasteiger partial charge in [-0.15, -0.1) is 0 Å². The Kier molecular flexibility index (Phi) is 6.19. The van der Waals surface area contributed by atoms with Gasteiger partial charge in [-0.1, -0.05) is 63.2 Å². The molecule has 1 N–H and O–H groups in total. The molecule has 0 saturated heterocycles. The SMILES string of the molecule is CC(C)(C)c1ccc(C(=O)NC[C@@H](c2cccnc2)N2CCc3ccccc3C2)cc1. The zero-order valence-corrected chi connectivity index (χ0v) is 18.6. The van der Waals surface area contributed by atoms with Crippen molar-refractivity contribution in [3.8, 4) is 0 Å². The standard InChI is InChI=1S/C27H31N3O/c1-27(2,3)24-12-10-21(11-13-24)26(31)29-18-25(22-9-6-15-28-17-22)30-16-14-20-7-4-5-8-23(20)19-30/h4-13,15,17,25H,14,16,18-19H2,1-3H3,(H,29,31)/t25-/m0/s1. The van der Waals surface area contributed by atoms with Crippen molar-refractivity contribution >= 4 is 5.91 Å². The third-order valence-corrected chi connectivity index (χ3v) is 6.14. The van der Waals surface area contributed by atoms with Crippen LogP contribution in [0, 0.1) is 0 Å². The summed E-state index contributed by atoms with van der Waals surface area (Å²) < 4.78 is 0. The minimum absolute atomic E-state index is 0.0354. The van der Waals surface area contributed by atoms with E-state index in [0.29, 0.717) is 12.1 Å². The monoisotopic (exact) mass is 413 g/mol. The van der Waals surface area contributed by atoms with Gasteiger partial charge in [-0.25, -0.2) is 0 Å². The Morgan fingerprint density at radius 3 is 2.45 bits per heavy atom. The van der Waals surface area contributed by atoms with E-state index in [1.807, 2.05) is 24.4 Å². The second-order valence-electron chi connectivity index (χ2n) is 9.33. The van der Waals surface area contributed by atoms with Crippen LogP contribution in [0.3, 0.4) is 0 Å². The van der Waals surface area contributed by atoms with E-state index in [1.165, 1.54) is 16.7 Å². The van der Waals surface area contributed by atoms with Gasteiger partial charge in [0.1, 0.15) is 0 Å². The molecule has 0 unspecified atom stereocenters. The van der Waals surface area contributed by atoms with Crippen molar-refractivity contribution in [1.29, 1.82) is 0 Å². The van der Waals surface area contributed by atoms with Crippen molar-refractivity contribution in [2.24, 2.45) is 0 Å². The van der Waals surface area contributed by atoms with Crippen LogP contribution in [-0.2, 0) is 18.4 Å². The highest BCUT2D eigenvalue weighted by molar-refractivity contribution is 5.94. The summed E-state index contributed by atoms with van der Waals surface area (Å²) in [7, 11) is 0. The first-order valence-electron chi connectivity index (χ1n) is 11.0. The third kappa shape index (κ3) is 5.02. The van der Waals surface area contributed by atoms with E-state index < -0.39 is 0 Å². The molecule has 3 aromatic rings. The van der Waals surface area contributed by atoms with Crippen molar-refractivity contribution in [3.05, 3.63) is 101 Å². The van der Waals surface area contributed by atoms with Crippen molar-refractivity contribution in [2.75, 3.05) is 13.1 Å². The van der Waals surface area contributed by atoms with Crippen LogP contribution in [0.25, 0.3) is 0 Å². The Labute approximate surface area is 185 Å². The number of carbonyl (C=O) groups excluding carboxylic acids is 1. The first kappa shape index (κ1) is 21.3. The Hall–Kier alpha value is -2.98. The first-order valence-corrected chi connectivity index (χ1v) is 11.0. The Balaban J connectivity index is 1.49. The largest absolute Gasteiger partial charge is 0.350 e. The number of rotatable bonds is 5. The average molecular weight is 414 g/mol. The van der Waals surface area contributed by atoms with E-state index in [2.05, 4.69) is 78.4 Å². The number of nitrogens with one attached hydrogen (secondary N) is 1. The zero-order chi connectivity index (χ0) is 21.8. The van der Waals surface area contributed by atoms with Crippen LogP contribution in [0.2, 0.25) is 0 Å². The molecule has 4 nitrogen and oxygen atoms in total. The van der Waals surface area contributed by atoms with Gasteiger partial charge in [0.25, 0.3) is 5.91 Å². The average Bonchev–Trinajstić information content (AvgIpc) is 2.79. The minimum Gasteiger partial charge on any atom is -0.350 e. The second kappa shape index (κ2) is 9.03. The number of hydrogen-bond acceptors (Lipinski definition) is 3. The van der Waals surface area contributed by atoms with Gasteiger partial charge in [0.2, 0.25) is 0 Å². The number of hydrogen-bond donors (Lipinski definition) is 1. The Bertz CT molecular complexity index is 1020. The van der Waals surface area contributed by atoms with Crippen molar-refractivity contribution in [3.63, 3.8) is 0 Å². The molecular formula is C27H31N3O. The topological polar surface area (TPSA) is 45.2 Å². The molecule has 1 aromatic heterocycles. The van der Waals surface area contributed by atoms with Crippen molar-refractivity contribution < 1.29 is 4.79 Å². The maximum absolute atomic E-state index is 12.9. The Morgan fingerprint density at radius 2 is 1.77 bits per heavy atom. The fourth-order valence-corrected chi connectivity index (χ4v) is 4.23. The van der Waals surface area contributed by atoms with Crippen molar-refractivity contribution in [2.45, 2.75) is 45.2 Å². The summed E-state index contributed by atoms with van der Waals surface area (Å²) in [5, 5.41) is 3.17. The number of amides is 1. The lowest BCUT2D eigenvalue weighted by atomic mass is 9.86. The normalized spacial score (nSPS) is 15.2. The molecule has 4 heteroatoms. The van der Waals surface area contributed by atoms with Gasteiger partial charge in [0.15, 0.2) is 0 Å². The van der Waals surface area contributed by atoms with E-state index in [-0.39, 0.29) is 17.4 Å². The lowest BCUT2D eigenvalue weighted by Gasteiger charge is -2.36. The van der Waals surface area contributed by atoms with Crippen LogP contribution >= 0.6 is 0 Å². The molecular weight excluding hydrogens is 382 g/mol. The van der Waals surface area contributed by atoms with Gasteiger partial charge < -0.3 is 5.32 Å². The van der Waals surface area contributed by atoms with Gasteiger partial charge in [-0.2, -0.15) is 0 Å². The summed E-state index contributed by atoms with van der Waals surface area (Å²) in [5.41, 5.74) is 5.92. The fourth-order valence-electron chi connectivity index (χ4n) is 4.23. The lowest BCUT2D eigenvalue weighted by molar-refractivity contribution is 0.0927. The van der Waals surface area contributed by atoms with Crippen molar-refractivity contribution in [1.82, 2.24) is 15.2 Å². The van der Waals surface area contributed by atoms with E-state index in [1.54, 1.807) is 6.20 Å². The van der Waals surface area contributed by atoms with Crippen LogP contribution in [0.15, 0.2) is 73.1 Å². The summed E-state index contributed by atoms with van der Waals surface area (Å²) in [6.45, 7) is 8.93. The molecule has 1 aliphatic heterocycles. The minimum atomic E-state index is -0.0354. The Morgan fingerprint density at radius 1 is 1.03 bits per heavy atom. The summed E-state index contributed by atoms with van der Waals surface area (Å²) in [6, 6.07) is 20.7. The first-order chi connectivity index (χ1) is 14.9. The highest BCUT2D eigenvalue weighted by Gasteiger charge is 2.25. The quantitative estimate of drug-likeness (QED) is 0.646. The molecule has 0 radical (unpaired) electrons. The highest BCUT2D eigenvalue weighted by atomic mass is 16.1. The molecule has 1 amide bonds. The van der Waals surface area contributed by atoms with E-state index >= 15 is 0 Å². The predicted octanol–water partition coefficient (Wildman–Crippen LogP) is 4.91. The number of fused-ring (bicyclic) bond motifs is 1. The molecule has 0 aliphatic carbocycles. The molecule has 0 bridgehead atoms. The van der Waals surface area contributed by atoms with E-state index in [0.717, 1.165) is 25.1 Å². The molecule has 0 saturated carbocycles. The van der Waals surface area contributed by atoms with Gasteiger partial charge in [-0.05, 0) is 52.3 Å². The van der Waals surface area contributed by atoms with Crippen LogP contribution in [0.1, 0.15) is 59.4 Å². The van der Waals surface area contributed by atoms with Gasteiger partial charge >= 0.3 is 0 Å². The maximum Gasteiger partial charge on any atom is 0.251 e. The summed E-state index contributed by atoms with van der Waals surface area (Å²) in [4.78, 5) is 19.6. The van der Waals surface area contributed by atoms with Crippen LogP contribution < -0.4 is 5.32 Å². The fraction of sp³-hybridized carbons (Fsp3) is 0.333. The van der Waals surface area contributed by atoms with Crippen LogP contribution in [0.5, 0.6) is 0 Å². The molecule has 1 aliphatic rings. The van der Waals surface area contributed by atoms with Gasteiger partial charge in [0.05, 0.1) is 6.04 Å². The zero-order valence-electron chi connectivity index (χ0n) is 18.6. The lowest BCUT2D eigenvalue weighted by Crippen LogP contribution is -2.40. The van der Waals surface area contributed by atoms with E-state index in [9.17, 15) is 4.79 Å². The number of aromatic nitrogens is 1. The van der Waals surface area contributed by atoms with Gasteiger partial charge in [-0.3, -0.25) is 14.7 Å². The number of nitrogens with zero attached hydrogens (tertiary/aromatic N) is 2. The third-order valence-electron chi connectivity index (χ3n) is 6.14. The second-order valence-corrected chi connectivity index (χ2v) is 9.33. The van der Waals surface area contributed by atoms with E-state index in [4.69, 9.17) is 0 Å². The molecule has 2 aromatic carbocycles. The summed E-state index contributed by atoms with van der Waals surface area (Å²) >= 11 is 0. The number of carbonyl (C=O) groups is 1. The summed E-state index contributed by atoms with van der Waals surface area (Å²) in [6.07, 6.45) is 4.73. The predicted molar refractivity (Wildman–Crippen MR) is 125 cm³/mol. The molecule has 2 heterocycles. The molecule has 0 fully saturated rings.